The van der Waals surface area contributed by atoms with Crippen LogP contribution in [-0.2, 0) is 4.79 Å². The highest BCUT2D eigenvalue weighted by atomic mass is 19.1. The van der Waals surface area contributed by atoms with Gasteiger partial charge in [0.1, 0.15) is 11.6 Å². The van der Waals surface area contributed by atoms with Crippen molar-refractivity contribution in [3.63, 3.8) is 0 Å². The third kappa shape index (κ3) is 2.09. The molecular formula is C15H18FNO2. The third-order valence-electron chi connectivity index (χ3n) is 4.67. The highest BCUT2D eigenvalue weighted by molar-refractivity contribution is 5.84. The molecule has 2 saturated heterocycles. The molecule has 0 spiro atoms. The normalized spacial score (nSPS) is 32.6. The number of hydrogen-bond acceptors (Lipinski definition) is 3. The molecule has 0 aromatic heterocycles. The maximum absolute atomic E-state index is 12.9. The Morgan fingerprint density at radius 3 is 2.68 bits per heavy atom. The monoisotopic (exact) mass is 263 g/mol. The summed E-state index contributed by atoms with van der Waals surface area (Å²) in [7, 11) is 2.03. The molecular weight excluding hydrogens is 245 g/mol. The lowest BCUT2D eigenvalue weighted by atomic mass is 9.82. The van der Waals surface area contributed by atoms with E-state index in [0.717, 1.165) is 12.8 Å². The van der Waals surface area contributed by atoms with Gasteiger partial charge in [-0.1, -0.05) is 12.1 Å². The number of piperidine rings is 1. The van der Waals surface area contributed by atoms with Crippen LogP contribution < -0.4 is 0 Å². The molecule has 3 rings (SSSR count). The fraction of sp³-hybridized carbons (Fsp3) is 0.533. The lowest BCUT2D eigenvalue weighted by Gasteiger charge is -2.38. The molecule has 2 heterocycles. The average Bonchev–Trinajstić information content (AvgIpc) is 2.64. The molecule has 2 aliphatic heterocycles. The highest BCUT2D eigenvalue weighted by Gasteiger charge is 2.47. The summed E-state index contributed by atoms with van der Waals surface area (Å²) in [6.07, 6.45) is 1.67. The molecule has 0 aliphatic carbocycles. The van der Waals surface area contributed by atoms with Crippen LogP contribution in [0.4, 0.5) is 4.39 Å². The van der Waals surface area contributed by atoms with Gasteiger partial charge >= 0.3 is 0 Å². The summed E-state index contributed by atoms with van der Waals surface area (Å²) in [5.41, 5.74) is 0.624. The fourth-order valence-electron chi connectivity index (χ4n) is 3.56. The smallest absolute Gasteiger partial charge is 0.142 e. The van der Waals surface area contributed by atoms with Crippen LogP contribution in [0.25, 0.3) is 0 Å². The number of halogens is 1. The van der Waals surface area contributed by atoms with Gasteiger partial charge in [0.05, 0.1) is 12.0 Å². The van der Waals surface area contributed by atoms with Crippen molar-refractivity contribution in [3.8, 4) is 0 Å². The zero-order valence-electron chi connectivity index (χ0n) is 10.9. The summed E-state index contributed by atoms with van der Waals surface area (Å²) in [5.74, 6) is -0.569. The van der Waals surface area contributed by atoms with Gasteiger partial charge in [-0.2, -0.15) is 0 Å². The third-order valence-corrected chi connectivity index (χ3v) is 4.67. The van der Waals surface area contributed by atoms with Crippen molar-refractivity contribution < 1.29 is 14.3 Å². The molecule has 2 bridgehead atoms. The number of aliphatic hydroxyl groups is 1. The van der Waals surface area contributed by atoms with Gasteiger partial charge in [0.15, 0.2) is 0 Å². The van der Waals surface area contributed by atoms with Crippen LogP contribution in [-0.4, -0.2) is 34.9 Å². The van der Waals surface area contributed by atoms with Crippen molar-refractivity contribution in [1.82, 2.24) is 4.90 Å². The summed E-state index contributed by atoms with van der Waals surface area (Å²) in [6.45, 7) is 0. The lowest BCUT2D eigenvalue weighted by molar-refractivity contribution is -0.134. The molecule has 3 nitrogen and oxygen atoms in total. The number of rotatable bonds is 2. The second-order valence-electron chi connectivity index (χ2n) is 5.66. The topological polar surface area (TPSA) is 40.5 Å². The summed E-state index contributed by atoms with van der Waals surface area (Å²) in [6, 6.07) is 6.24. The minimum Gasteiger partial charge on any atom is -0.388 e. The van der Waals surface area contributed by atoms with Gasteiger partial charge in [0.2, 0.25) is 0 Å². The second-order valence-corrected chi connectivity index (χ2v) is 5.66. The minimum absolute atomic E-state index is 0.117. The molecule has 4 atom stereocenters. The van der Waals surface area contributed by atoms with E-state index in [4.69, 9.17) is 0 Å². The number of ketones is 1. The van der Waals surface area contributed by atoms with Gasteiger partial charge in [-0.3, -0.25) is 9.69 Å². The number of carbonyl (C=O) groups excluding carboxylic acids is 1. The van der Waals surface area contributed by atoms with Gasteiger partial charge in [0, 0.05) is 18.5 Å². The summed E-state index contributed by atoms with van der Waals surface area (Å²) in [4.78, 5) is 14.4. The maximum Gasteiger partial charge on any atom is 0.142 e. The van der Waals surface area contributed by atoms with E-state index in [-0.39, 0.29) is 23.6 Å². The molecule has 0 radical (unpaired) electrons. The van der Waals surface area contributed by atoms with Gasteiger partial charge in [-0.15, -0.1) is 0 Å². The quantitative estimate of drug-likeness (QED) is 0.886. The number of fused-ring (bicyclic) bond motifs is 2. The van der Waals surface area contributed by atoms with E-state index in [2.05, 4.69) is 4.90 Å². The van der Waals surface area contributed by atoms with E-state index in [1.54, 1.807) is 12.1 Å². The molecule has 0 saturated carbocycles. The van der Waals surface area contributed by atoms with Crippen molar-refractivity contribution in [1.29, 1.82) is 0 Å². The summed E-state index contributed by atoms with van der Waals surface area (Å²) in [5, 5.41) is 10.5. The second kappa shape index (κ2) is 4.69. The van der Waals surface area contributed by atoms with Crippen molar-refractivity contribution in [3.05, 3.63) is 35.6 Å². The molecule has 4 heteroatoms. The molecule has 1 aromatic carbocycles. The Bertz CT molecular complexity index is 487. The van der Waals surface area contributed by atoms with Crippen molar-refractivity contribution in [2.75, 3.05) is 7.05 Å². The molecule has 1 aromatic rings. The molecule has 2 aliphatic rings. The van der Waals surface area contributed by atoms with Crippen LogP contribution in [0.2, 0.25) is 0 Å². The standard InChI is InChI=1S/C15H18FNO2/c1-17-11-6-7-12(17)14(13(18)8-11)15(19)9-2-4-10(16)5-3-9/h2-5,11-12,14-15,19H,6-8H2,1H3/t11-,12+,14+,15-/m1/s1. The van der Waals surface area contributed by atoms with E-state index in [1.165, 1.54) is 12.1 Å². The predicted octanol–water partition coefficient (Wildman–Crippen LogP) is 1.91. The van der Waals surface area contributed by atoms with Crippen molar-refractivity contribution in [2.24, 2.45) is 5.92 Å². The maximum atomic E-state index is 12.9. The van der Waals surface area contributed by atoms with Crippen LogP contribution >= 0.6 is 0 Å². The molecule has 1 N–H and O–H groups in total. The highest BCUT2D eigenvalue weighted by Crippen LogP contribution is 2.41. The molecule has 2 fully saturated rings. The molecule has 102 valence electrons. The van der Waals surface area contributed by atoms with E-state index >= 15 is 0 Å². The van der Waals surface area contributed by atoms with Gasteiger partial charge < -0.3 is 5.11 Å². The lowest BCUT2D eigenvalue weighted by Crippen LogP contribution is -2.49. The molecule has 0 unspecified atom stereocenters. The zero-order valence-corrected chi connectivity index (χ0v) is 10.9. The van der Waals surface area contributed by atoms with Gasteiger partial charge in [-0.25, -0.2) is 4.39 Å². The number of Topliss-reactive ketones (excluding diaryl/α,β-unsaturated/α-hetero) is 1. The van der Waals surface area contributed by atoms with Crippen molar-refractivity contribution >= 4 is 5.78 Å². The average molecular weight is 263 g/mol. The number of carbonyl (C=O) groups is 1. The van der Waals surface area contributed by atoms with Crippen LogP contribution in [0.15, 0.2) is 24.3 Å². The minimum atomic E-state index is -0.834. The first-order valence-electron chi connectivity index (χ1n) is 6.76. The first-order chi connectivity index (χ1) is 9.08. The van der Waals surface area contributed by atoms with E-state index in [9.17, 15) is 14.3 Å². The molecule has 19 heavy (non-hydrogen) atoms. The fourth-order valence-corrected chi connectivity index (χ4v) is 3.56. The van der Waals surface area contributed by atoms with E-state index in [1.807, 2.05) is 7.05 Å². The van der Waals surface area contributed by atoms with Crippen LogP contribution in [0.3, 0.4) is 0 Å². The number of hydrogen-bond donors (Lipinski definition) is 1. The zero-order chi connectivity index (χ0) is 13.6. The van der Waals surface area contributed by atoms with Crippen LogP contribution in [0.5, 0.6) is 0 Å². The largest absolute Gasteiger partial charge is 0.388 e. The molecule has 0 amide bonds. The number of benzene rings is 1. The van der Waals surface area contributed by atoms with E-state index < -0.39 is 6.10 Å². The Morgan fingerprint density at radius 2 is 2.00 bits per heavy atom. The van der Waals surface area contributed by atoms with Crippen LogP contribution in [0, 0.1) is 11.7 Å². The summed E-state index contributed by atoms with van der Waals surface area (Å²) >= 11 is 0. The Labute approximate surface area is 112 Å². The predicted molar refractivity (Wildman–Crippen MR) is 69.0 cm³/mol. The van der Waals surface area contributed by atoms with Gasteiger partial charge in [-0.05, 0) is 37.6 Å². The Hall–Kier alpha value is -1.26. The Morgan fingerprint density at radius 1 is 1.32 bits per heavy atom. The van der Waals surface area contributed by atoms with E-state index in [0.29, 0.717) is 18.0 Å². The van der Waals surface area contributed by atoms with Gasteiger partial charge in [0.25, 0.3) is 0 Å². The van der Waals surface area contributed by atoms with Crippen molar-refractivity contribution in [2.45, 2.75) is 37.5 Å². The first kappa shape index (κ1) is 12.8. The number of aliphatic hydroxyl groups excluding tert-OH is 1. The SMILES string of the molecule is CN1[C@@H]2CC[C@H]1[C@H]([C@H](O)c1ccc(F)cc1)C(=O)C2. The van der Waals surface area contributed by atoms with Crippen LogP contribution in [0.1, 0.15) is 30.9 Å². The Kier molecular flexibility index (Phi) is 3.15. The first-order valence-corrected chi connectivity index (χ1v) is 6.76. The Balaban J connectivity index is 1.87. The number of nitrogens with zero attached hydrogens (tertiary/aromatic N) is 1. The summed E-state index contributed by atoms with van der Waals surface area (Å²) < 4.78 is 12.9.